The number of esters is 2. The first kappa shape index (κ1) is 23.5. The Kier molecular flexibility index (Phi) is 7.13. The van der Waals surface area contributed by atoms with Crippen molar-refractivity contribution < 1.29 is 28.8 Å². The van der Waals surface area contributed by atoms with Crippen molar-refractivity contribution in [3.8, 4) is 0 Å². The SMILES string of the molecule is CCOC(=O)C1=C(COC(=O)c2cc([N+](=O)[O-])ccc2N)NC(=O)NC1c1ccc(Cl)cc1. The van der Waals surface area contributed by atoms with E-state index >= 15 is 0 Å². The van der Waals surface area contributed by atoms with Gasteiger partial charge in [-0.05, 0) is 30.7 Å². The van der Waals surface area contributed by atoms with Crippen molar-refractivity contribution in [3.63, 3.8) is 0 Å². The van der Waals surface area contributed by atoms with Crippen LogP contribution in [0.1, 0.15) is 28.9 Å². The zero-order valence-electron chi connectivity index (χ0n) is 17.3. The molecule has 12 heteroatoms. The van der Waals surface area contributed by atoms with Gasteiger partial charge in [-0.3, -0.25) is 10.1 Å². The standard InChI is InChI=1S/C21H19ClN4O7/c1-2-32-20(28)17-16(24-21(29)25-18(17)11-3-5-12(22)6-4-11)10-33-19(27)14-9-13(26(30)31)7-8-15(14)23/h3-9,18H,2,10,23H2,1H3,(H2,24,25,29). The molecule has 33 heavy (non-hydrogen) atoms. The van der Waals surface area contributed by atoms with Gasteiger partial charge in [0.1, 0.15) is 6.61 Å². The summed E-state index contributed by atoms with van der Waals surface area (Å²) in [5, 5.41) is 16.5. The van der Waals surface area contributed by atoms with Crippen LogP contribution in [0.25, 0.3) is 0 Å². The number of nitrogens with two attached hydrogens (primary N) is 1. The van der Waals surface area contributed by atoms with Crippen molar-refractivity contribution in [2.24, 2.45) is 0 Å². The van der Waals surface area contributed by atoms with Crippen molar-refractivity contribution in [1.29, 1.82) is 0 Å². The summed E-state index contributed by atoms with van der Waals surface area (Å²) < 4.78 is 10.3. The van der Waals surface area contributed by atoms with E-state index in [1.807, 2.05) is 0 Å². The Hall–Kier alpha value is -4.12. The highest BCUT2D eigenvalue weighted by atomic mass is 35.5. The zero-order chi connectivity index (χ0) is 24.1. The highest BCUT2D eigenvalue weighted by Gasteiger charge is 2.34. The molecule has 0 spiro atoms. The maximum Gasteiger partial charge on any atom is 0.340 e. The normalized spacial score (nSPS) is 15.3. The summed E-state index contributed by atoms with van der Waals surface area (Å²) in [5.41, 5.74) is 5.71. The minimum Gasteiger partial charge on any atom is -0.463 e. The van der Waals surface area contributed by atoms with Crippen LogP contribution in [0.4, 0.5) is 16.2 Å². The summed E-state index contributed by atoms with van der Waals surface area (Å²) in [6, 6.07) is 8.26. The molecule has 0 aliphatic carbocycles. The number of nitrogen functional groups attached to an aromatic ring is 1. The molecule has 0 saturated heterocycles. The smallest absolute Gasteiger partial charge is 0.340 e. The number of carbonyl (C=O) groups is 3. The van der Waals surface area contributed by atoms with Crippen LogP contribution in [0.5, 0.6) is 0 Å². The van der Waals surface area contributed by atoms with Gasteiger partial charge in [0.15, 0.2) is 0 Å². The van der Waals surface area contributed by atoms with Crippen LogP contribution in [0.15, 0.2) is 53.7 Å². The number of ether oxygens (including phenoxy) is 2. The number of halogens is 1. The Morgan fingerprint density at radius 2 is 1.85 bits per heavy atom. The Labute approximate surface area is 192 Å². The summed E-state index contributed by atoms with van der Waals surface area (Å²) in [4.78, 5) is 47.9. The average molecular weight is 475 g/mol. The van der Waals surface area contributed by atoms with Gasteiger partial charge >= 0.3 is 18.0 Å². The van der Waals surface area contributed by atoms with Gasteiger partial charge in [-0.25, -0.2) is 14.4 Å². The number of anilines is 1. The summed E-state index contributed by atoms with van der Waals surface area (Å²) in [6.45, 7) is 1.17. The second kappa shape index (κ2) is 10.0. The number of urea groups is 1. The van der Waals surface area contributed by atoms with Crippen LogP contribution < -0.4 is 16.4 Å². The van der Waals surface area contributed by atoms with E-state index in [0.29, 0.717) is 10.6 Å². The molecule has 2 aromatic carbocycles. The fourth-order valence-electron chi connectivity index (χ4n) is 3.14. The third-order valence-corrected chi connectivity index (χ3v) is 4.92. The predicted molar refractivity (Wildman–Crippen MR) is 117 cm³/mol. The molecule has 1 atom stereocenters. The molecular formula is C21H19ClN4O7. The molecule has 1 aliphatic rings. The summed E-state index contributed by atoms with van der Waals surface area (Å²) >= 11 is 5.93. The molecule has 3 rings (SSSR count). The van der Waals surface area contributed by atoms with Crippen LogP contribution in [-0.2, 0) is 14.3 Å². The fourth-order valence-corrected chi connectivity index (χ4v) is 3.26. The lowest BCUT2D eigenvalue weighted by Gasteiger charge is -2.29. The summed E-state index contributed by atoms with van der Waals surface area (Å²) in [6.07, 6.45) is 0. The monoisotopic (exact) mass is 474 g/mol. The van der Waals surface area contributed by atoms with E-state index in [-0.39, 0.29) is 34.8 Å². The molecule has 1 aliphatic heterocycles. The molecule has 0 fully saturated rings. The van der Waals surface area contributed by atoms with Gasteiger partial charge in [0, 0.05) is 22.8 Å². The van der Waals surface area contributed by atoms with Gasteiger partial charge < -0.3 is 25.8 Å². The number of nitro benzene ring substituents is 1. The maximum absolute atomic E-state index is 12.7. The van der Waals surface area contributed by atoms with E-state index in [1.165, 1.54) is 6.07 Å². The molecule has 1 unspecified atom stereocenters. The zero-order valence-corrected chi connectivity index (χ0v) is 18.0. The van der Waals surface area contributed by atoms with E-state index in [9.17, 15) is 24.5 Å². The first-order chi connectivity index (χ1) is 15.7. The van der Waals surface area contributed by atoms with Gasteiger partial charge in [0.2, 0.25) is 0 Å². The second-order valence-electron chi connectivity index (χ2n) is 6.80. The quantitative estimate of drug-likeness (QED) is 0.238. The number of amides is 2. The van der Waals surface area contributed by atoms with Crippen molar-refractivity contribution in [2.45, 2.75) is 13.0 Å². The summed E-state index contributed by atoms with van der Waals surface area (Å²) in [7, 11) is 0. The number of benzene rings is 2. The Morgan fingerprint density at radius 1 is 1.15 bits per heavy atom. The van der Waals surface area contributed by atoms with E-state index < -0.39 is 35.5 Å². The van der Waals surface area contributed by atoms with Crippen molar-refractivity contribution in [1.82, 2.24) is 10.6 Å². The first-order valence-corrected chi connectivity index (χ1v) is 10.0. The number of nitrogens with zero attached hydrogens (tertiary/aromatic N) is 1. The van der Waals surface area contributed by atoms with Gasteiger partial charge in [-0.1, -0.05) is 23.7 Å². The number of non-ortho nitro benzene ring substituents is 1. The van der Waals surface area contributed by atoms with Gasteiger partial charge in [0.05, 0.1) is 34.4 Å². The van der Waals surface area contributed by atoms with Crippen LogP contribution >= 0.6 is 11.6 Å². The third-order valence-electron chi connectivity index (χ3n) is 4.67. The average Bonchev–Trinajstić information content (AvgIpc) is 2.77. The second-order valence-corrected chi connectivity index (χ2v) is 7.24. The van der Waals surface area contributed by atoms with E-state index in [2.05, 4.69) is 10.6 Å². The number of carbonyl (C=O) groups excluding carboxylic acids is 3. The maximum atomic E-state index is 12.7. The molecule has 2 aromatic rings. The largest absolute Gasteiger partial charge is 0.463 e. The lowest BCUT2D eigenvalue weighted by atomic mass is 9.95. The molecule has 1 heterocycles. The number of hydrogen-bond donors (Lipinski definition) is 3. The van der Waals surface area contributed by atoms with Crippen molar-refractivity contribution in [3.05, 3.63) is 80.0 Å². The molecule has 0 bridgehead atoms. The number of hydrogen-bond acceptors (Lipinski definition) is 8. The van der Waals surface area contributed by atoms with E-state index in [1.54, 1.807) is 31.2 Å². The molecular weight excluding hydrogens is 456 g/mol. The minimum atomic E-state index is -0.970. The van der Waals surface area contributed by atoms with Gasteiger partial charge in [0.25, 0.3) is 5.69 Å². The van der Waals surface area contributed by atoms with Crippen LogP contribution in [-0.4, -0.2) is 36.1 Å². The minimum absolute atomic E-state index is 0.00509. The molecule has 0 radical (unpaired) electrons. The van der Waals surface area contributed by atoms with Crippen molar-refractivity contribution >= 4 is 40.9 Å². The van der Waals surface area contributed by atoms with Crippen LogP contribution in [0.2, 0.25) is 5.02 Å². The molecule has 2 amide bonds. The topological polar surface area (TPSA) is 163 Å². The van der Waals surface area contributed by atoms with Gasteiger partial charge in [-0.15, -0.1) is 0 Å². The van der Waals surface area contributed by atoms with Crippen molar-refractivity contribution in [2.75, 3.05) is 18.9 Å². The first-order valence-electron chi connectivity index (χ1n) is 9.65. The van der Waals surface area contributed by atoms with E-state index in [4.69, 9.17) is 26.8 Å². The Morgan fingerprint density at radius 3 is 2.48 bits per heavy atom. The highest BCUT2D eigenvalue weighted by molar-refractivity contribution is 6.30. The lowest BCUT2D eigenvalue weighted by molar-refractivity contribution is -0.384. The number of nitro groups is 1. The summed E-state index contributed by atoms with van der Waals surface area (Å²) in [5.74, 6) is -1.70. The number of nitrogens with one attached hydrogen (secondary N) is 2. The molecule has 11 nitrogen and oxygen atoms in total. The third kappa shape index (κ3) is 5.39. The highest BCUT2D eigenvalue weighted by Crippen LogP contribution is 2.29. The molecule has 0 aromatic heterocycles. The predicted octanol–water partition coefficient (Wildman–Crippen LogP) is 2.86. The molecule has 172 valence electrons. The molecule has 0 saturated carbocycles. The van der Waals surface area contributed by atoms with Crippen LogP contribution in [0.3, 0.4) is 0 Å². The Balaban J connectivity index is 1.94. The lowest BCUT2D eigenvalue weighted by Crippen LogP contribution is -2.47. The van der Waals surface area contributed by atoms with Crippen LogP contribution in [0, 0.1) is 10.1 Å². The fraction of sp³-hybridized carbons (Fsp3) is 0.190. The van der Waals surface area contributed by atoms with Gasteiger partial charge in [-0.2, -0.15) is 0 Å². The Bertz CT molecular complexity index is 1150. The number of rotatable bonds is 7. The van der Waals surface area contributed by atoms with E-state index in [0.717, 1.165) is 12.1 Å². The molecule has 4 N–H and O–H groups in total.